The van der Waals surface area contributed by atoms with Crippen LogP contribution in [-0.4, -0.2) is 40.0 Å². The molecule has 1 N–H and O–H groups in total. The standard InChI is InChI=1S/C21H21ClF2O5S/c1-28-10-14-15-11-29-20-17(24)7-6-16(23)19(20)21(15,9-8-18(14)25)30(26,27)13-4-2-12(22)3-5-13/h2-7,14-15,18,25H,8-11H2,1H3/t14-,15-,18+,21-/m1/s1. The van der Waals surface area contributed by atoms with Crippen LogP contribution < -0.4 is 4.74 Å². The van der Waals surface area contributed by atoms with Crippen molar-refractivity contribution in [1.82, 2.24) is 0 Å². The molecule has 1 aliphatic carbocycles. The lowest BCUT2D eigenvalue weighted by atomic mass is 9.66. The second kappa shape index (κ2) is 7.75. The highest BCUT2D eigenvalue weighted by Gasteiger charge is 2.62. The summed E-state index contributed by atoms with van der Waals surface area (Å²) in [6.45, 7) is -0.134. The number of sulfone groups is 1. The highest BCUT2D eigenvalue weighted by Crippen LogP contribution is 2.58. The van der Waals surface area contributed by atoms with Crippen molar-refractivity contribution in [1.29, 1.82) is 0 Å². The minimum absolute atomic E-state index is 0.0547. The molecular weight excluding hydrogens is 438 g/mol. The van der Waals surface area contributed by atoms with Crippen LogP contribution in [-0.2, 0) is 19.3 Å². The second-order valence-corrected chi connectivity index (χ2v) is 10.4. The molecule has 0 spiro atoms. The van der Waals surface area contributed by atoms with Gasteiger partial charge < -0.3 is 14.6 Å². The van der Waals surface area contributed by atoms with Crippen LogP contribution in [0.1, 0.15) is 18.4 Å². The average Bonchev–Trinajstić information content (AvgIpc) is 2.72. The first-order chi connectivity index (χ1) is 14.2. The van der Waals surface area contributed by atoms with Crippen molar-refractivity contribution in [2.24, 2.45) is 11.8 Å². The van der Waals surface area contributed by atoms with Crippen molar-refractivity contribution in [3.63, 3.8) is 0 Å². The Morgan fingerprint density at radius 1 is 1.20 bits per heavy atom. The normalized spacial score (nSPS) is 28.4. The number of halogens is 3. The summed E-state index contributed by atoms with van der Waals surface area (Å²) < 4.78 is 66.7. The summed E-state index contributed by atoms with van der Waals surface area (Å²) >= 11 is 5.92. The lowest BCUT2D eigenvalue weighted by molar-refractivity contribution is -0.0517. The molecule has 0 unspecified atom stereocenters. The van der Waals surface area contributed by atoms with Gasteiger partial charge in [0.15, 0.2) is 21.4 Å². The van der Waals surface area contributed by atoms with Gasteiger partial charge in [-0.2, -0.15) is 0 Å². The molecule has 1 aliphatic heterocycles. The van der Waals surface area contributed by atoms with Crippen molar-refractivity contribution in [3.05, 3.63) is 58.6 Å². The Labute approximate surface area is 178 Å². The summed E-state index contributed by atoms with van der Waals surface area (Å²) in [5.41, 5.74) is -0.318. The summed E-state index contributed by atoms with van der Waals surface area (Å²) in [6.07, 6.45) is -0.849. The number of benzene rings is 2. The topological polar surface area (TPSA) is 72.8 Å². The molecule has 0 aromatic heterocycles. The third-order valence-corrected chi connectivity index (χ3v) is 9.09. The molecule has 2 aromatic rings. The third kappa shape index (κ3) is 3.04. The summed E-state index contributed by atoms with van der Waals surface area (Å²) in [4.78, 5) is -0.0547. The first-order valence-corrected chi connectivity index (χ1v) is 11.4. The molecule has 0 bridgehead atoms. The van der Waals surface area contributed by atoms with E-state index >= 15 is 4.39 Å². The molecule has 1 saturated carbocycles. The van der Waals surface area contributed by atoms with Crippen molar-refractivity contribution < 1.29 is 31.8 Å². The zero-order chi connectivity index (χ0) is 21.7. The average molecular weight is 459 g/mol. The van der Waals surface area contributed by atoms with Gasteiger partial charge in [-0.05, 0) is 49.2 Å². The molecule has 1 heterocycles. The summed E-state index contributed by atoms with van der Waals surface area (Å²) in [5.74, 6) is -3.56. The largest absolute Gasteiger partial charge is 0.490 e. The smallest absolute Gasteiger partial charge is 0.188 e. The van der Waals surface area contributed by atoms with Crippen molar-refractivity contribution in [2.75, 3.05) is 20.3 Å². The SMILES string of the molecule is COC[C@@H]1[C@H]2COc3c(F)ccc(F)c3[C@@]2(S(=O)(=O)c2ccc(Cl)cc2)CC[C@@H]1O. The molecule has 0 saturated heterocycles. The maximum Gasteiger partial charge on any atom is 0.188 e. The zero-order valence-electron chi connectivity index (χ0n) is 16.1. The van der Waals surface area contributed by atoms with E-state index in [2.05, 4.69) is 0 Å². The molecule has 9 heteroatoms. The van der Waals surface area contributed by atoms with Gasteiger partial charge in [0.2, 0.25) is 0 Å². The highest BCUT2D eigenvalue weighted by molar-refractivity contribution is 7.92. The van der Waals surface area contributed by atoms with E-state index in [-0.39, 0.29) is 36.5 Å². The summed E-state index contributed by atoms with van der Waals surface area (Å²) in [7, 11) is -2.80. The number of rotatable bonds is 4. The fourth-order valence-electron chi connectivity index (χ4n) is 4.90. The Kier molecular flexibility index (Phi) is 5.55. The molecule has 4 atom stereocenters. The Morgan fingerprint density at radius 2 is 1.87 bits per heavy atom. The maximum absolute atomic E-state index is 15.2. The highest BCUT2D eigenvalue weighted by atomic mass is 35.5. The molecule has 0 radical (unpaired) electrons. The van der Waals surface area contributed by atoms with Crippen molar-refractivity contribution in [3.8, 4) is 5.75 Å². The Morgan fingerprint density at radius 3 is 2.53 bits per heavy atom. The molecule has 2 aromatic carbocycles. The quantitative estimate of drug-likeness (QED) is 0.756. The van der Waals surface area contributed by atoms with Crippen molar-refractivity contribution in [2.45, 2.75) is 28.6 Å². The van der Waals surface area contributed by atoms with Gasteiger partial charge in [0.25, 0.3) is 0 Å². The lowest BCUT2D eigenvalue weighted by Crippen LogP contribution is -2.58. The van der Waals surface area contributed by atoms with Crippen LogP contribution in [0.4, 0.5) is 8.78 Å². The fraction of sp³-hybridized carbons (Fsp3) is 0.429. The van der Waals surface area contributed by atoms with Gasteiger partial charge >= 0.3 is 0 Å². The van der Waals surface area contributed by atoms with Crippen LogP contribution in [0, 0.1) is 23.5 Å². The number of aliphatic hydroxyl groups excluding tert-OH is 1. The van der Waals surface area contributed by atoms with E-state index in [1.807, 2.05) is 0 Å². The Balaban J connectivity index is 2.03. The lowest BCUT2D eigenvalue weighted by Gasteiger charge is -2.51. The van der Waals surface area contributed by atoms with E-state index in [1.165, 1.54) is 31.4 Å². The summed E-state index contributed by atoms with van der Waals surface area (Å²) in [6, 6.07) is 7.41. The fourth-order valence-corrected chi connectivity index (χ4v) is 7.43. The molecule has 2 aliphatic rings. The monoisotopic (exact) mass is 458 g/mol. The van der Waals surface area contributed by atoms with Crippen LogP contribution in [0.5, 0.6) is 5.75 Å². The van der Waals surface area contributed by atoms with Gasteiger partial charge in [0, 0.05) is 24.0 Å². The van der Waals surface area contributed by atoms with Crippen LogP contribution in [0.15, 0.2) is 41.3 Å². The Hall–Kier alpha value is -1.74. The van der Waals surface area contributed by atoms with Crippen LogP contribution in [0.2, 0.25) is 5.02 Å². The number of fused-ring (bicyclic) bond motifs is 3. The van der Waals surface area contributed by atoms with Crippen molar-refractivity contribution >= 4 is 21.4 Å². The minimum atomic E-state index is -4.24. The third-order valence-electron chi connectivity index (χ3n) is 6.27. The number of ether oxygens (including phenoxy) is 2. The summed E-state index contributed by atoms with van der Waals surface area (Å²) in [5, 5.41) is 10.9. The van der Waals surface area contributed by atoms with Gasteiger partial charge in [0.1, 0.15) is 10.6 Å². The first kappa shape index (κ1) is 21.5. The zero-order valence-corrected chi connectivity index (χ0v) is 17.7. The predicted molar refractivity (Wildman–Crippen MR) is 106 cm³/mol. The van der Waals surface area contributed by atoms with E-state index in [1.54, 1.807) is 0 Å². The molecule has 5 nitrogen and oxygen atoms in total. The Bertz CT molecular complexity index is 1060. The van der Waals surface area contributed by atoms with E-state index in [9.17, 15) is 17.9 Å². The van der Waals surface area contributed by atoms with Gasteiger partial charge in [-0.1, -0.05) is 11.6 Å². The van der Waals surface area contributed by atoms with E-state index < -0.39 is 49.9 Å². The first-order valence-electron chi connectivity index (χ1n) is 9.52. The molecular formula is C21H21ClF2O5S. The van der Waals surface area contributed by atoms with E-state index in [4.69, 9.17) is 21.1 Å². The van der Waals surface area contributed by atoms with Crippen LogP contribution in [0.3, 0.4) is 0 Å². The predicted octanol–water partition coefficient (Wildman–Crippen LogP) is 3.71. The molecule has 162 valence electrons. The maximum atomic E-state index is 15.2. The second-order valence-electron chi connectivity index (χ2n) is 7.72. The van der Waals surface area contributed by atoms with Gasteiger partial charge in [-0.3, -0.25) is 0 Å². The molecule has 1 fully saturated rings. The van der Waals surface area contributed by atoms with Gasteiger partial charge in [-0.25, -0.2) is 17.2 Å². The number of methoxy groups -OCH3 is 1. The van der Waals surface area contributed by atoms with Crippen LogP contribution in [0.25, 0.3) is 0 Å². The van der Waals surface area contributed by atoms with Crippen LogP contribution >= 0.6 is 11.6 Å². The van der Waals surface area contributed by atoms with E-state index in [0.29, 0.717) is 5.02 Å². The number of hydrogen-bond acceptors (Lipinski definition) is 5. The molecule has 4 rings (SSSR count). The molecule has 0 amide bonds. The minimum Gasteiger partial charge on any atom is -0.490 e. The number of hydrogen-bond donors (Lipinski definition) is 1. The molecule has 30 heavy (non-hydrogen) atoms. The number of aliphatic hydroxyl groups is 1. The van der Waals surface area contributed by atoms with E-state index in [0.717, 1.165) is 12.1 Å². The van der Waals surface area contributed by atoms with Gasteiger partial charge in [-0.15, -0.1) is 0 Å². The van der Waals surface area contributed by atoms with Gasteiger partial charge in [0.05, 0.1) is 29.8 Å².